The van der Waals surface area contributed by atoms with Crippen molar-refractivity contribution in [2.75, 3.05) is 12.0 Å². The van der Waals surface area contributed by atoms with Crippen LogP contribution in [0.3, 0.4) is 0 Å². The molecule has 116 valence electrons. The first-order valence-electron chi connectivity index (χ1n) is 6.60. The van der Waals surface area contributed by atoms with Crippen LogP contribution in [0, 0.1) is 11.7 Å². The number of benzene rings is 1. The fourth-order valence-electron chi connectivity index (χ4n) is 2.32. The molecule has 1 aliphatic carbocycles. The van der Waals surface area contributed by atoms with Gasteiger partial charge in [-0.25, -0.2) is 12.8 Å². The van der Waals surface area contributed by atoms with Crippen LogP contribution in [0.5, 0.6) is 0 Å². The number of halogens is 2. The van der Waals surface area contributed by atoms with Gasteiger partial charge >= 0.3 is 0 Å². The fourth-order valence-corrected chi connectivity index (χ4v) is 3.50. The van der Waals surface area contributed by atoms with Crippen molar-refractivity contribution in [3.63, 3.8) is 0 Å². The summed E-state index contributed by atoms with van der Waals surface area (Å²) in [5, 5.41) is 2.87. The molecule has 1 aromatic carbocycles. The molecule has 1 saturated carbocycles. The summed E-state index contributed by atoms with van der Waals surface area (Å²) in [4.78, 5) is 11.9. The van der Waals surface area contributed by atoms with Crippen LogP contribution in [0.25, 0.3) is 0 Å². The molecule has 4 nitrogen and oxygen atoms in total. The van der Waals surface area contributed by atoms with Gasteiger partial charge in [0.2, 0.25) is 5.91 Å². The average molecular weight is 334 g/mol. The van der Waals surface area contributed by atoms with Gasteiger partial charge in [0.1, 0.15) is 15.7 Å². The van der Waals surface area contributed by atoms with E-state index < -0.39 is 21.6 Å². The highest BCUT2D eigenvalue weighted by molar-refractivity contribution is 7.90. The number of rotatable bonds is 5. The first kappa shape index (κ1) is 16.2. The fraction of sp³-hybridized carbons (Fsp3) is 0.500. The molecule has 0 aromatic heterocycles. The number of carbonyl (C=O) groups is 1. The largest absolute Gasteiger partial charge is 0.352 e. The lowest BCUT2D eigenvalue weighted by Gasteiger charge is -2.11. The second-order valence-electron chi connectivity index (χ2n) is 5.62. The number of hydrogen-bond donors (Lipinski definition) is 1. The van der Waals surface area contributed by atoms with Crippen molar-refractivity contribution in [1.29, 1.82) is 0 Å². The third kappa shape index (κ3) is 4.41. The first-order chi connectivity index (χ1) is 9.67. The van der Waals surface area contributed by atoms with E-state index in [1.54, 1.807) is 13.0 Å². The van der Waals surface area contributed by atoms with Crippen LogP contribution in [0.1, 0.15) is 24.8 Å². The maximum atomic E-state index is 13.4. The van der Waals surface area contributed by atoms with Gasteiger partial charge in [-0.2, -0.15) is 0 Å². The Morgan fingerprint density at radius 2 is 2.19 bits per heavy atom. The molecular weight excluding hydrogens is 317 g/mol. The molecule has 0 aliphatic heterocycles. The van der Waals surface area contributed by atoms with Crippen LogP contribution in [-0.4, -0.2) is 32.4 Å². The monoisotopic (exact) mass is 333 g/mol. The molecule has 1 aromatic rings. The van der Waals surface area contributed by atoms with Gasteiger partial charge in [-0.15, -0.1) is 0 Å². The molecule has 0 radical (unpaired) electrons. The Balaban J connectivity index is 1.92. The maximum Gasteiger partial charge on any atom is 0.224 e. The summed E-state index contributed by atoms with van der Waals surface area (Å²) in [6.07, 6.45) is 1.83. The summed E-state index contributed by atoms with van der Waals surface area (Å²) in [7, 11) is -3.18. The molecule has 0 unspecified atom stereocenters. The van der Waals surface area contributed by atoms with Crippen LogP contribution in [0.15, 0.2) is 18.2 Å². The Labute approximate surface area is 128 Å². The maximum absolute atomic E-state index is 13.4. The van der Waals surface area contributed by atoms with Crippen molar-refractivity contribution in [2.45, 2.75) is 25.3 Å². The van der Waals surface area contributed by atoms with E-state index in [0.29, 0.717) is 0 Å². The van der Waals surface area contributed by atoms with Gasteiger partial charge in [0, 0.05) is 24.1 Å². The Morgan fingerprint density at radius 1 is 1.52 bits per heavy atom. The number of hydrogen-bond acceptors (Lipinski definition) is 3. The molecule has 1 amide bonds. The number of sulfone groups is 1. The standard InChI is InChI=1S/C14H17ClFNO3S/c1-8(7-21(2,19)20)14(18)17-13-6-10(13)9-3-4-11(15)12(16)5-9/h3-5,8,10,13H,6-7H2,1-2H3,(H,17,18)/t8-,10+,13-/m1/s1. The van der Waals surface area contributed by atoms with Crippen LogP contribution >= 0.6 is 11.6 Å². The highest BCUT2D eigenvalue weighted by Crippen LogP contribution is 2.41. The van der Waals surface area contributed by atoms with E-state index in [2.05, 4.69) is 5.32 Å². The van der Waals surface area contributed by atoms with E-state index in [9.17, 15) is 17.6 Å². The summed E-state index contributed by atoms with van der Waals surface area (Å²) < 4.78 is 35.7. The van der Waals surface area contributed by atoms with Gasteiger partial charge in [-0.05, 0) is 24.1 Å². The van der Waals surface area contributed by atoms with Crippen LogP contribution < -0.4 is 5.32 Å². The minimum absolute atomic E-state index is 0.0613. The summed E-state index contributed by atoms with van der Waals surface area (Å²) in [6.45, 7) is 1.58. The molecule has 0 saturated heterocycles. The smallest absolute Gasteiger partial charge is 0.224 e. The van der Waals surface area contributed by atoms with E-state index in [1.807, 2.05) is 0 Å². The van der Waals surface area contributed by atoms with E-state index in [-0.39, 0.29) is 28.6 Å². The third-order valence-corrected chi connectivity index (χ3v) is 4.90. The summed E-state index contributed by atoms with van der Waals surface area (Å²) in [6, 6.07) is 4.54. The van der Waals surface area contributed by atoms with E-state index in [1.165, 1.54) is 12.1 Å². The van der Waals surface area contributed by atoms with Crippen molar-refractivity contribution in [1.82, 2.24) is 5.32 Å². The normalized spacial score (nSPS) is 22.7. The van der Waals surface area contributed by atoms with Gasteiger partial charge in [0.25, 0.3) is 0 Å². The van der Waals surface area contributed by atoms with Gasteiger partial charge < -0.3 is 5.32 Å². The quantitative estimate of drug-likeness (QED) is 0.898. The highest BCUT2D eigenvalue weighted by Gasteiger charge is 2.40. The predicted molar refractivity (Wildman–Crippen MR) is 79.6 cm³/mol. The average Bonchev–Trinajstić information content (AvgIpc) is 3.09. The molecule has 3 atom stereocenters. The van der Waals surface area contributed by atoms with Gasteiger partial charge in [0.15, 0.2) is 0 Å². The van der Waals surface area contributed by atoms with Crippen molar-refractivity contribution in [3.05, 3.63) is 34.6 Å². The minimum Gasteiger partial charge on any atom is -0.352 e. The molecule has 21 heavy (non-hydrogen) atoms. The SMILES string of the molecule is C[C@H](CS(C)(=O)=O)C(=O)N[C@@H]1C[C@H]1c1ccc(Cl)c(F)c1. The highest BCUT2D eigenvalue weighted by atomic mass is 35.5. The number of nitrogens with one attached hydrogen (secondary N) is 1. The second kappa shape index (κ2) is 5.93. The first-order valence-corrected chi connectivity index (χ1v) is 9.04. The molecule has 1 aliphatic rings. The lowest BCUT2D eigenvalue weighted by atomic mass is 10.1. The predicted octanol–water partition coefficient (Wildman–Crippen LogP) is 2.13. The van der Waals surface area contributed by atoms with Gasteiger partial charge in [-0.1, -0.05) is 24.6 Å². The van der Waals surface area contributed by atoms with Crippen molar-refractivity contribution >= 4 is 27.3 Å². The third-order valence-electron chi connectivity index (χ3n) is 3.49. The Kier molecular flexibility index (Phi) is 4.58. The van der Waals surface area contributed by atoms with Crippen molar-refractivity contribution in [2.24, 2.45) is 5.92 Å². The lowest BCUT2D eigenvalue weighted by molar-refractivity contribution is -0.124. The molecule has 1 fully saturated rings. The van der Waals surface area contributed by atoms with E-state index in [0.717, 1.165) is 18.2 Å². The lowest BCUT2D eigenvalue weighted by Crippen LogP contribution is -2.34. The molecule has 7 heteroatoms. The molecular formula is C14H17ClFNO3S. The van der Waals surface area contributed by atoms with Crippen molar-refractivity contribution < 1.29 is 17.6 Å². The van der Waals surface area contributed by atoms with E-state index >= 15 is 0 Å². The summed E-state index contributed by atoms with van der Waals surface area (Å²) in [5.41, 5.74) is 0.790. The zero-order valence-electron chi connectivity index (χ0n) is 11.8. The second-order valence-corrected chi connectivity index (χ2v) is 8.22. The zero-order valence-corrected chi connectivity index (χ0v) is 13.3. The number of amides is 1. The topological polar surface area (TPSA) is 63.2 Å². The van der Waals surface area contributed by atoms with Crippen LogP contribution in [-0.2, 0) is 14.6 Å². The number of carbonyl (C=O) groups excluding carboxylic acids is 1. The molecule has 0 bridgehead atoms. The van der Waals surface area contributed by atoms with Crippen LogP contribution in [0.2, 0.25) is 5.02 Å². The molecule has 1 N–H and O–H groups in total. The van der Waals surface area contributed by atoms with Crippen molar-refractivity contribution in [3.8, 4) is 0 Å². The van der Waals surface area contributed by atoms with E-state index in [4.69, 9.17) is 11.6 Å². The molecule has 2 rings (SSSR count). The Hall–Kier alpha value is -1.14. The van der Waals surface area contributed by atoms with Crippen LogP contribution in [0.4, 0.5) is 4.39 Å². The summed E-state index contributed by atoms with van der Waals surface area (Å²) >= 11 is 5.63. The molecule has 0 spiro atoms. The summed E-state index contributed by atoms with van der Waals surface area (Å²) in [5.74, 6) is -1.47. The molecule has 0 heterocycles. The van der Waals surface area contributed by atoms with Gasteiger partial charge in [0.05, 0.1) is 10.8 Å². The minimum atomic E-state index is -3.18. The zero-order chi connectivity index (χ0) is 15.8. The Morgan fingerprint density at radius 3 is 2.76 bits per heavy atom. The van der Waals surface area contributed by atoms with Gasteiger partial charge in [-0.3, -0.25) is 4.79 Å². The Bertz CT molecular complexity index is 662.